The molecule has 0 atom stereocenters. The summed E-state index contributed by atoms with van der Waals surface area (Å²) in [6, 6.07) is 2.27. The average molecular weight is 307 g/mol. The molecule has 0 unspecified atom stereocenters. The van der Waals surface area contributed by atoms with E-state index in [1.165, 1.54) is 13.0 Å². The lowest BCUT2D eigenvalue weighted by atomic mass is 10.0. The molecule has 116 valence electrons. The number of carboxylic acid groups (broad SMARTS) is 1. The minimum Gasteiger partial charge on any atom is -0.508 e. The minimum atomic E-state index is -1.20. The normalized spacial score (nSPS) is 10.6. The van der Waals surface area contributed by atoms with E-state index in [2.05, 4.69) is 5.32 Å². The second-order valence-electron chi connectivity index (χ2n) is 4.68. The minimum absolute atomic E-state index is 0.00491. The van der Waals surface area contributed by atoms with Crippen LogP contribution in [0.25, 0.3) is 11.0 Å². The first kappa shape index (κ1) is 15.4. The lowest BCUT2D eigenvalue weighted by molar-refractivity contribution is -0.137. The van der Waals surface area contributed by atoms with Crippen molar-refractivity contribution in [3.63, 3.8) is 0 Å². The Labute approximate surface area is 123 Å². The molecule has 0 fully saturated rings. The molecular weight excluding hydrogens is 294 g/mol. The Hall–Kier alpha value is -3.03. The third-order valence-electron chi connectivity index (χ3n) is 3.12. The Kier molecular flexibility index (Phi) is 4.02. The summed E-state index contributed by atoms with van der Waals surface area (Å²) in [4.78, 5) is 34.0. The van der Waals surface area contributed by atoms with E-state index >= 15 is 0 Å². The fourth-order valence-electron chi connectivity index (χ4n) is 2.11. The fourth-order valence-corrected chi connectivity index (χ4v) is 2.11. The molecule has 0 saturated heterocycles. The highest BCUT2D eigenvalue weighted by atomic mass is 16.4. The smallest absolute Gasteiger partial charge is 0.340 e. The van der Waals surface area contributed by atoms with E-state index in [1.54, 1.807) is 0 Å². The predicted molar refractivity (Wildman–Crippen MR) is 74.9 cm³/mol. The van der Waals surface area contributed by atoms with Gasteiger partial charge in [0.25, 0.3) is 0 Å². The number of rotatable bonds is 4. The molecule has 0 aliphatic carbocycles. The molecule has 1 amide bonds. The van der Waals surface area contributed by atoms with Gasteiger partial charge >= 0.3 is 11.6 Å². The lowest BCUT2D eigenvalue weighted by Crippen LogP contribution is -2.32. The van der Waals surface area contributed by atoms with Crippen LogP contribution in [0.1, 0.15) is 11.1 Å². The Morgan fingerprint density at radius 3 is 2.59 bits per heavy atom. The molecule has 0 bridgehead atoms. The number of phenolic OH excluding ortho intramolecular Hbond substituents is 2. The summed E-state index contributed by atoms with van der Waals surface area (Å²) in [5, 5.41) is 30.1. The molecule has 8 heteroatoms. The van der Waals surface area contributed by atoms with Crippen molar-refractivity contribution in [2.75, 3.05) is 6.54 Å². The number of aromatic hydroxyl groups is 2. The molecule has 1 aromatic heterocycles. The molecule has 2 aromatic rings. The molecule has 0 aliphatic rings. The molecule has 2 rings (SSSR count). The highest BCUT2D eigenvalue weighted by molar-refractivity contribution is 5.90. The van der Waals surface area contributed by atoms with Gasteiger partial charge in [0.2, 0.25) is 5.91 Å². The van der Waals surface area contributed by atoms with Crippen molar-refractivity contribution < 1.29 is 29.3 Å². The summed E-state index contributed by atoms with van der Waals surface area (Å²) in [5.74, 6) is -2.41. The summed E-state index contributed by atoms with van der Waals surface area (Å²) in [7, 11) is 0. The third-order valence-corrected chi connectivity index (χ3v) is 3.12. The second-order valence-corrected chi connectivity index (χ2v) is 4.68. The quantitative estimate of drug-likeness (QED) is 0.594. The number of nitrogens with one attached hydrogen (secondary N) is 1. The zero-order valence-electron chi connectivity index (χ0n) is 11.5. The Balaban J connectivity index is 2.45. The van der Waals surface area contributed by atoms with Gasteiger partial charge in [0.1, 0.15) is 23.6 Å². The van der Waals surface area contributed by atoms with Gasteiger partial charge in [0.15, 0.2) is 0 Å². The summed E-state index contributed by atoms with van der Waals surface area (Å²) in [6.07, 6.45) is -0.377. The fraction of sp³-hybridized carbons (Fsp3) is 0.214. The van der Waals surface area contributed by atoms with Gasteiger partial charge in [-0.05, 0) is 12.5 Å². The van der Waals surface area contributed by atoms with Crippen molar-refractivity contribution in [1.82, 2.24) is 5.32 Å². The Morgan fingerprint density at radius 1 is 1.27 bits per heavy atom. The first-order chi connectivity index (χ1) is 10.3. The molecule has 0 radical (unpaired) electrons. The van der Waals surface area contributed by atoms with Gasteiger partial charge in [-0.15, -0.1) is 0 Å². The van der Waals surface area contributed by atoms with Crippen LogP contribution < -0.4 is 10.9 Å². The van der Waals surface area contributed by atoms with Gasteiger partial charge < -0.3 is 25.1 Å². The van der Waals surface area contributed by atoms with E-state index < -0.39 is 24.0 Å². The molecule has 0 aliphatic heterocycles. The zero-order chi connectivity index (χ0) is 16.4. The SMILES string of the molecule is Cc1c(CC(=O)NCC(=O)O)c(=O)oc2cc(O)cc(O)c12. The number of carbonyl (C=O) groups excluding carboxylic acids is 1. The summed E-state index contributed by atoms with van der Waals surface area (Å²) in [5.41, 5.74) is -0.458. The van der Waals surface area contributed by atoms with E-state index in [4.69, 9.17) is 9.52 Å². The maximum Gasteiger partial charge on any atom is 0.340 e. The number of carbonyl (C=O) groups is 2. The number of phenols is 2. The number of fused-ring (bicyclic) bond motifs is 1. The molecular formula is C14H13NO7. The van der Waals surface area contributed by atoms with Crippen LogP contribution in [0.2, 0.25) is 0 Å². The van der Waals surface area contributed by atoms with Crippen molar-refractivity contribution >= 4 is 22.8 Å². The van der Waals surface area contributed by atoms with Gasteiger partial charge in [-0.1, -0.05) is 0 Å². The molecule has 1 heterocycles. The van der Waals surface area contributed by atoms with Crippen LogP contribution in [0.5, 0.6) is 11.5 Å². The Morgan fingerprint density at radius 2 is 1.95 bits per heavy atom. The molecule has 4 N–H and O–H groups in total. The summed E-state index contributed by atoms with van der Waals surface area (Å²) in [6.45, 7) is 0.964. The number of hydrogen-bond donors (Lipinski definition) is 4. The van der Waals surface area contributed by atoms with Gasteiger partial charge in [-0.2, -0.15) is 0 Å². The van der Waals surface area contributed by atoms with Crippen LogP contribution in [0, 0.1) is 6.92 Å². The van der Waals surface area contributed by atoms with Crippen LogP contribution in [0.15, 0.2) is 21.3 Å². The first-order valence-electron chi connectivity index (χ1n) is 6.26. The highest BCUT2D eigenvalue weighted by Crippen LogP contribution is 2.32. The highest BCUT2D eigenvalue weighted by Gasteiger charge is 2.18. The largest absolute Gasteiger partial charge is 0.508 e. The maximum absolute atomic E-state index is 11.9. The standard InChI is InChI=1S/C14H13NO7/c1-6-8(4-11(18)15-5-12(19)20)14(21)22-10-3-7(16)2-9(17)13(6)10/h2-3,16-17H,4-5H2,1H3,(H,15,18)(H,19,20). The van der Waals surface area contributed by atoms with Gasteiger partial charge in [0.05, 0.1) is 17.4 Å². The molecule has 0 saturated carbocycles. The monoisotopic (exact) mass is 307 g/mol. The van der Waals surface area contributed by atoms with E-state index in [0.717, 1.165) is 6.07 Å². The van der Waals surface area contributed by atoms with Gasteiger partial charge in [-0.25, -0.2) is 4.79 Å². The van der Waals surface area contributed by atoms with Gasteiger partial charge in [0, 0.05) is 12.1 Å². The topological polar surface area (TPSA) is 137 Å². The van der Waals surface area contributed by atoms with Crippen LogP contribution in [-0.2, 0) is 16.0 Å². The lowest BCUT2D eigenvalue weighted by Gasteiger charge is -2.09. The summed E-state index contributed by atoms with van der Waals surface area (Å²) < 4.78 is 4.99. The Bertz CT molecular complexity index is 822. The van der Waals surface area contributed by atoms with Crippen LogP contribution in [0.3, 0.4) is 0 Å². The maximum atomic E-state index is 11.9. The third kappa shape index (κ3) is 3.00. The van der Waals surface area contributed by atoms with E-state index in [-0.39, 0.29) is 34.5 Å². The molecule has 8 nitrogen and oxygen atoms in total. The number of amides is 1. The number of hydrogen-bond acceptors (Lipinski definition) is 6. The second kappa shape index (κ2) is 5.76. The van der Waals surface area contributed by atoms with Crippen molar-refractivity contribution in [2.45, 2.75) is 13.3 Å². The van der Waals surface area contributed by atoms with Crippen LogP contribution in [-0.4, -0.2) is 33.7 Å². The van der Waals surface area contributed by atoms with Crippen molar-refractivity contribution in [3.8, 4) is 11.5 Å². The van der Waals surface area contributed by atoms with Gasteiger partial charge in [-0.3, -0.25) is 9.59 Å². The number of carboxylic acids is 1. The van der Waals surface area contributed by atoms with Crippen LogP contribution in [0.4, 0.5) is 0 Å². The number of aliphatic carboxylic acids is 1. The molecule has 1 aromatic carbocycles. The van der Waals surface area contributed by atoms with Crippen molar-refractivity contribution in [1.29, 1.82) is 0 Å². The molecule has 0 spiro atoms. The average Bonchev–Trinajstić information content (AvgIpc) is 2.40. The van der Waals surface area contributed by atoms with E-state index in [9.17, 15) is 24.6 Å². The van der Waals surface area contributed by atoms with E-state index in [1.807, 2.05) is 0 Å². The van der Waals surface area contributed by atoms with Crippen LogP contribution >= 0.6 is 0 Å². The van der Waals surface area contributed by atoms with Crippen molar-refractivity contribution in [3.05, 3.63) is 33.7 Å². The van der Waals surface area contributed by atoms with Crippen molar-refractivity contribution in [2.24, 2.45) is 0 Å². The predicted octanol–water partition coefficient (Wildman–Crippen LogP) is 0.256. The molecule has 22 heavy (non-hydrogen) atoms. The van der Waals surface area contributed by atoms with E-state index in [0.29, 0.717) is 5.56 Å². The number of benzene rings is 1. The number of aryl methyl sites for hydroxylation is 1. The first-order valence-corrected chi connectivity index (χ1v) is 6.26. The summed E-state index contributed by atoms with van der Waals surface area (Å²) >= 11 is 0. The zero-order valence-corrected chi connectivity index (χ0v) is 11.5.